The van der Waals surface area contributed by atoms with Crippen molar-refractivity contribution in [3.8, 4) is 11.8 Å². The van der Waals surface area contributed by atoms with Crippen LogP contribution in [0.2, 0.25) is 15.1 Å². The molecule has 5 aliphatic heterocycles. The predicted molar refractivity (Wildman–Crippen MR) is 527 cm³/mol. The van der Waals surface area contributed by atoms with Gasteiger partial charge in [0.2, 0.25) is 23.6 Å². The van der Waals surface area contributed by atoms with Gasteiger partial charge in [-0.05, 0) is 227 Å². The van der Waals surface area contributed by atoms with Crippen molar-refractivity contribution in [1.29, 1.82) is 5.26 Å². The molecule has 0 spiro atoms. The Balaban J connectivity index is 0.000000116. The number of para-hydroxylation sites is 2. The lowest BCUT2D eigenvalue weighted by Crippen LogP contribution is -2.47. The Morgan fingerprint density at radius 2 is 0.856 bits per heavy atom. The summed E-state index contributed by atoms with van der Waals surface area (Å²) in [6.07, 6.45) is 21.4. The summed E-state index contributed by atoms with van der Waals surface area (Å²) in [7, 11) is 0. The van der Waals surface area contributed by atoms with Gasteiger partial charge in [0, 0.05) is 137 Å². The third-order valence-corrected chi connectivity index (χ3v) is 33.1. The number of nitrogens with two attached hydrogens (primary N) is 1. The molecule has 0 unspecified atom stereocenters. The van der Waals surface area contributed by atoms with Crippen LogP contribution in [0.5, 0.6) is 5.75 Å². The lowest BCUT2D eigenvalue weighted by Gasteiger charge is -2.37. The Kier molecular flexibility index (Phi) is 29.4. The topological polar surface area (TPSA) is 312 Å². The molecule has 13 aromatic rings. The van der Waals surface area contributed by atoms with Crippen molar-refractivity contribution in [2.75, 3.05) is 132 Å². The number of nitrogens with zero attached hydrogens (tertiary/aromatic N) is 17. The molecule has 0 saturated carbocycles. The summed E-state index contributed by atoms with van der Waals surface area (Å²) >= 11 is 27.0. The van der Waals surface area contributed by atoms with Crippen molar-refractivity contribution in [2.24, 2.45) is 29.4 Å². The number of thiophene rings is 5. The summed E-state index contributed by atoms with van der Waals surface area (Å²) < 4.78 is 42.6. The van der Waals surface area contributed by atoms with E-state index in [1.807, 2.05) is 47.0 Å². The molecule has 0 bridgehead atoms. The standard InChI is InChI=1S/C21H20ClN5OS.C21H24N4OS.C20H20Cl2N4OS.C17H19F3N4OS.C16H20N4OS/c1-12-13(2)29-21-18(12)19(24-11-25-21)27-7-5-14(6-8-27)20(28)26-16-4-3-15(10-23)17(22)9-16;1-2-26-17-8-4-3-7-16(17)24-10-12-25(13-11-24)20-19-15-6-5-9-18(15)27-21(19)23-14-22-20;1-11-12(2)28-20-17(11)18(23-10-24-20)26-7-5-13(6-8-26)19(27)25-16-9-14(21)3-4-15(16)22;18-17(19,20)8-21-15(25)10-4-6-24(7-5-10)14-13-11-2-1-3-12(11)26-16(13)23-9-22-14;17-14(21)10-5-7-20(8-6-10)15-13-11-3-1-2-4-12(11)22-16(13)19-9-18-15/h3-4,9,11,14H,5-8H2,1-2H3,(H,26,28);3-4,7-8,14H,2,5-6,9-13H2,1H3;3-4,9-10,13H,5-8H2,1-2H3,(H,25,27);9-10H,1-8H2,(H,21,25);9-10H,1-8H2,(H2,17,21). The largest absolute Gasteiger partial charge is 0.492 e. The molecule has 5 saturated heterocycles. The fourth-order valence-corrected chi connectivity index (χ4v) is 25.3. The highest BCUT2D eigenvalue weighted by Gasteiger charge is 2.37. The van der Waals surface area contributed by atoms with Gasteiger partial charge in [0.05, 0.1) is 60.5 Å². The number of primary amides is 1. The fourth-order valence-electron chi connectivity index (χ4n) is 19.1. The summed E-state index contributed by atoms with van der Waals surface area (Å²) in [5.41, 5.74) is 15.0. The van der Waals surface area contributed by atoms with Crippen LogP contribution < -0.4 is 55.8 Å². The van der Waals surface area contributed by atoms with E-state index in [1.54, 1.807) is 102 Å². The van der Waals surface area contributed by atoms with Gasteiger partial charge in [0.15, 0.2) is 0 Å². The van der Waals surface area contributed by atoms with Gasteiger partial charge in [-0.15, -0.1) is 56.7 Å². The molecular weight excluding hydrogens is 1840 g/mol. The molecule has 132 heavy (non-hydrogen) atoms. The molecule has 4 amide bonds. The number of benzene rings is 3. The molecule has 10 aromatic heterocycles. The molecule has 8 aliphatic rings. The summed E-state index contributed by atoms with van der Waals surface area (Å²) in [6.45, 7) is 19.8. The van der Waals surface area contributed by atoms with Gasteiger partial charge in [-0.3, -0.25) is 19.2 Å². The average Bonchev–Trinajstić information content (AvgIpc) is 1.62. The molecule has 690 valence electrons. The van der Waals surface area contributed by atoms with Crippen LogP contribution in [0.4, 0.5) is 59.3 Å². The second kappa shape index (κ2) is 41.5. The van der Waals surface area contributed by atoms with Gasteiger partial charge in [-0.25, -0.2) is 49.8 Å². The highest BCUT2D eigenvalue weighted by Crippen LogP contribution is 2.46. The van der Waals surface area contributed by atoms with Crippen molar-refractivity contribution >= 4 is 212 Å². The second-order valence-corrected chi connectivity index (χ2v) is 41.4. The molecule has 0 radical (unpaired) electrons. The van der Waals surface area contributed by atoms with E-state index in [0.29, 0.717) is 64.5 Å². The SMILES string of the molecule is CCOc1ccccc1N1CCN(c2ncnc3sc4c(c23)CCC4)CC1.Cc1sc2ncnc(N3CCC(C(=O)Nc4cc(Cl)ccc4Cl)CC3)c2c1C.Cc1sc2ncnc(N3CCC(C(=O)Nc4ccc(C#N)c(Cl)c4)CC3)c2c1C.NC(=O)C1CCN(c2ncnc3sc4c(c23)CCCC4)CC1.O=C(NCC(F)(F)F)C1CCN(c2ncnc3sc4c(c23)CCC4)CC1. The number of hydrogen-bond acceptors (Lipinski definition) is 27. The first-order chi connectivity index (χ1) is 63.9. The molecule has 3 aromatic carbocycles. The number of halogens is 6. The van der Waals surface area contributed by atoms with Crippen LogP contribution in [0.1, 0.15) is 142 Å². The van der Waals surface area contributed by atoms with E-state index in [1.165, 1.54) is 107 Å². The van der Waals surface area contributed by atoms with Crippen LogP contribution in [-0.2, 0) is 57.7 Å². The van der Waals surface area contributed by atoms with E-state index in [-0.39, 0.29) is 41.4 Å². The summed E-state index contributed by atoms with van der Waals surface area (Å²) in [5.74, 6) is 4.84. The van der Waals surface area contributed by atoms with Gasteiger partial charge in [-0.1, -0.05) is 46.9 Å². The lowest BCUT2D eigenvalue weighted by molar-refractivity contribution is -0.141. The Labute approximate surface area is 798 Å². The van der Waals surface area contributed by atoms with Crippen LogP contribution in [0, 0.1) is 62.7 Å². The highest BCUT2D eigenvalue weighted by atomic mass is 35.5. The Bertz CT molecular complexity index is 6460. The van der Waals surface area contributed by atoms with Crippen molar-refractivity contribution in [1.82, 2.24) is 55.2 Å². The van der Waals surface area contributed by atoms with E-state index >= 15 is 0 Å². The van der Waals surface area contributed by atoms with Gasteiger partial charge in [0.25, 0.3) is 0 Å². The molecular formula is C95H103Cl3F3N21O5S5. The molecule has 0 atom stereocenters. The number of amides is 4. The number of rotatable bonds is 15. The Hall–Kier alpha value is -10.5. The van der Waals surface area contributed by atoms with Gasteiger partial charge in [-0.2, -0.15) is 18.4 Å². The average molecular weight is 1940 g/mol. The number of anilines is 8. The first-order valence-electron chi connectivity index (χ1n) is 45.2. The number of nitrogens with one attached hydrogen (secondary N) is 3. The minimum atomic E-state index is -4.37. The number of carbonyl (C=O) groups is 4. The van der Waals surface area contributed by atoms with Crippen LogP contribution in [0.15, 0.2) is 92.3 Å². The number of aryl methyl sites for hydroxylation is 10. The number of alkyl halides is 3. The van der Waals surface area contributed by atoms with Crippen molar-refractivity contribution in [3.63, 3.8) is 0 Å². The molecule has 3 aliphatic carbocycles. The number of piperidine rings is 4. The van der Waals surface area contributed by atoms with E-state index in [9.17, 15) is 32.3 Å². The third kappa shape index (κ3) is 20.7. The third-order valence-electron chi connectivity index (χ3n) is 26.4. The van der Waals surface area contributed by atoms with Crippen molar-refractivity contribution in [3.05, 3.63) is 165 Å². The maximum atomic E-state index is 12.7. The maximum absolute atomic E-state index is 12.7. The normalized spacial score (nSPS) is 16.7. The molecule has 15 heterocycles. The number of ether oxygens (including phenoxy) is 1. The summed E-state index contributed by atoms with van der Waals surface area (Å²) in [6, 6.07) is 20.4. The zero-order valence-electron chi connectivity index (χ0n) is 74.1. The zero-order valence-corrected chi connectivity index (χ0v) is 80.5. The number of hydrogen-bond donors (Lipinski definition) is 4. The molecule has 37 heteroatoms. The minimum absolute atomic E-state index is 0.0131. The molecule has 26 nitrogen and oxygen atoms in total. The smallest absolute Gasteiger partial charge is 0.405 e. The summed E-state index contributed by atoms with van der Waals surface area (Å²) in [4.78, 5) is 120. The van der Waals surface area contributed by atoms with Crippen molar-refractivity contribution in [2.45, 2.75) is 156 Å². The highest BCUT2D eigenvalue weighted by molar-refractivity contribution is 7.20. The molecule has 5 N–H and O–H groups in total. The lowest BCUT2D eigenvalue weighted by atomic mass is 9.94. The number of fused-ring (bicyclic) bond motifs is 11. The van der Waals surface area contributed by atoms with Crippen LogP contribution in [0.25, 0.3) is 51.1 Å². The van der Waals surface area contributed by atoms with E-state index in [4.69, 9.17) is 55.5 Å². The van der Waals surface area contributed by atoms with E-state index in [2.05, 4.69) is 131 Å². The Morgan fingerprint density at radius 3 is 1.30 bits per heavy atom. The number of nitriles is 1. The predicted octanol–water partition coefficient (Wildman–Crippen LogP) is 19.4. The van der Waals surface area contributed by atoms with E-state index < -0.39 is 18.6 Å². The van der Waals surface area contributed by atoms with Gasteiger partial charge in [0.1, 0.15) is 103 Å². The fraction of sp³-hybridized carbons (Fsp3) is 0.442. The van der Waals surface area contributed by atoms with Gasteiger partial charge < -0.3 is 55.8 Å². The number of carbonyl (C=O) groups excluding carboxylic acids is 4. The first kappa shape index (κ1) is 93.3. The maximum Gasteiger partial charge on any atom is 0.405 e. The van der Waals surface area contributed by atoms with E-state index in [0.717, 1.165) is 205 Å². The van der Waals surface area contributed by atoms with Crippen LogP contribution in [-0.4, -0.2) is 171 Å². The first-order valence-corrected chi connectivity index (χ1v) is 50.4. The molecule has 21 rings (SSSR count). The Morgan fingerprint density at radius 1 is 0.462 bits per heavy atom. The zero-order chi connectivity index (χ0) is 92.0. The monoisotopic (exact) mass is 1940 g/mol. The van der Waals surface area contributed by atoms with Crippen LogP contribution >= 0.6 is 91.5 Å². The minimum Gasteiger partial charge on any atom is -0.492 e. The summed E-state index contributed by atoms with van der Waals surface area (Å²) in [5, 5.41) is 24.2. The molecule has 5 fully saturated rings. The quantitative estimate of drug-likeness (QED) is 0.0741. The second-order valence-electron chi connectivity index (χ2n) is 34.4. The van der Waals surface area contributed by atoms with Crippen molar-refractivity contribution < 1.29 is 37.1 Å². The van der Waals surface area contributed by atoms with Crippen LogP contribution in [0.3, 0.4) is 0 Å². The number of aromatic nitrogens is 10. The number of piperazine rings is 1. The van der Waals surface area contributed by atoms with Gasteiger partial charge >= 0.3 is 6.18 Å².